The van der Waals surface area contributed by atoms with Crippen molar-refractivity contribution in [2.75, 3.05) is 32.8 Å². The average molecular weight is 347 g/mol. The third kappa shape index (κ3) is 5.19. The van der Waals surface area contributed by atoms with E-state index in [1.807, 2.05) is 32.9 Å². The second kappa shape index (κ2) is 8.85. The lowest BCUT2D eigenvalue weighted by atomic mass is 9.97. The van der Waals surface area contributed by atoms with Crippen LogP contribution in [0.1, 0.15) is 29.5 Å². The number of amides is 2. The van der Waals surface area contributed by atoms with Crippen LogP contribution < -0.4 is 15.8 Å². The molecular formula is C19H29N3O3. The number of piperidine rings is 1. The highest BCUT2D eigenvalue weighted by Gasteiger charge is 2.28. The number of hydrogen-bond acceptors (Lipinski definition) is 4. The minimum Gasteiger partial charge on any atom is -0.483 e. The number of rotatable bonds is 6. The first-order valence-electron chi connectivity index (χ1n) is 8.88. The number of carbonyl (C=O) groups excluding carboxylic acids is 2. The highest BCUT2D eigenvalue weighted by atomic mass is 16.5. The van der Waals surface area contributed by atoms with Crippen LogP contribution in [0, 0.1) is 26.7 Å². The third-order valence-electron chi connectivity index (χ3n) is 4.53. The molecule has 0 radical (unpaired) electrons. The van der Waals surface area contributed by atoms with Crippen LogP contribution in [0.2, 0.25) is 0 Å². The monoisotopic (exact) mass is 347 g/mol. The maximum atomic E-state index is 12.5. The van der Waals surface area contributed by atoms with E-state index in [0.29, 0.717) is 26.2 Å². The Labute approximate surface area is 149 Å². The molecule has 6 heteroatoms. The van der Waals surface area contributed by atoms with Crippen molar-refractivity contribution < 1.29 is 14.3 Å². The van der Waals surface area contributed by atoms with Crippen LogP contribution in [-0.2, 0) is 9.59 Å². The SMILES string of the molecule is Cc1cc(C)c(OCC(=O)N2CCCC(C(=O)NCCN)C2)c(C)c1. The highest BCUT2D eigenvalue weighted by molar-refractivity contribution is 5.82. The summed E-state index contributed by atoms with van der Waals surface area (Å²) in [6.07, 6.45) is 1.63. The minimum absolute atomic E-state index is 0.00187. The first kappa shape index (κ1) is 19.2. The van der Waals surface area contributed by atoms with Crippen LogP contribution in [0.15, 0.2) is 12.1 Å². The summed E-state index contributed by atoms with van der Waals surface area (Å²) in [6.45, 7) is 8.03. The number of ether oxygens (including phenoxy) is 1. The number of nitrogens with zero attached hydrogens (tertiary/aromatic N) is 1. The molecule has 1 aromatic carbocycles. The van der Waals surface area contributed by atoms with E-state index in [1.165, 1.54) is 5.56 Å². The standard InChI is InChI=1S/C19H29N3O3/c1-13-9-14(2)18(15(3)10-13)25-12-17(23)22-8-4-5-16(11-22)19(24)21-7-6-20/h9-10,16H,4-8,11-12,20H2,1-3H3,(H,21,24). The summed E-state index contributed by atoms with van der Waals surface area (Å²) in [7, 11) is 0. The van der Waals surface area contributed by atoms with Crippen molar-refractivity contribution in [2.24, 2.45) is 11.7 Å². The topological polar surface area (TPSA) is 84.7 Å². The normalized spacial score (nSPS) is 17.3. The van der Waals surface area contributed by atoms with Gasteiger partial charge >= 0.3 is 0 Å². The van der Waals surface area contributed by atoms with E-state index >= 15 is 0 Å². The van der Waals surface area contributed by atoms with Crippen molar-refractivity contribution in [3.8, 4) is 5.75 Å². The Hall–Kier alpha value is -2.08. The Bertz CT molecular complexity index is 607. The molecule has 1 aliphatic rings. The Morgan fingerprint density at radius 2 is 1.96 bits per heavy atom. The molecule has 0 spiro atoms. The molecule has 25 heavy (non-hydrogen) atoms. The number of likely N-dealkylation sites (tertiary alicyclic amines) is 1. The summed E-state index contributed by atoms with van der Waals surface area (Å²) in [5, 5.41) is 2.81. The third-order valence-corrected chi connectivity index (χ3v) is 4.53. The van der Waals surface area contributed by atoms with E-state index < -0.39 is 0 Å². The summed E-state index contributed by atoms with van der Waals surface area (Å²) in [4.78, 5) is 26.3. The largest absolute Gasteiger partial charge is 0.483 e. The molecule has 0 saturated carbocycles. The van der Waals surface area contributed by atoms with Gasteiger partial charge in [-0.3, -0.25) is 9.59 Å². The van der Waals surface area contributed by atoms with Gasteiger partial charge in [0, 0.05) is 26.2 Å². The molecule has 1 saturated heterocycles. The van der Waals surface area contributed by atoms with Crippen LogP contribution in [0.25, 0.3) is 0 Å². The summed E-state index contributed by atoms with van der Waals surface area (Å²) < 4.78 is 5.79. The van der Waals surface area contributed by atoms with Crippen LogP contribution in [0.5, 0.6) is 5.75 Å². The Balaban J connectivity index is 1.91. The molecule has 1 aromatic rings. The molecule has 2 rings (SSSR count). The van der Waals surface area contributed by atoms with Gasteiger partial charge in [-0.1, -0.05) is 17.7 Å². The molecule has 1 atom stereocenters. The number of carbonyl (C=O) groups is 2. The van der Waals surface area contributed by atoms with Crippen molar-refractivity contribution in [3.05, 3.63) is 28.8 Å². The van der Waals surface area contributed by atoms with Gasteiger partial charge < -0.3 is 20.7 Å². The van der Waals surface area contributed by atoms with E-state index in [0.717, 1.165) is 29.7 Å². The van der Waals surface area contributed by atoms with E-state index in [9.17, 15) is 9.59 Å². The maximum absolute atomic E-state index is 12.5. The summed E-state index contributed by atoms with van der Waals surface area (Å²) >= 11 is 0. The molecule has 2 amide bonds. The Morgan fingerprint density at radius 1 is 1.28 bits per heavy atom. The van der Waals surface area contributed by atoms with Crippen LogP contribution in [0.3, 0.4) is 0 Å². The van der Waals surface area contributed by atoms with Crippen molar-refractivity contribution in [3.63, 3.8) is 0 Å². The Morgan fingerprint density at radius 3 is 2.60 bits per heavy atom. The van der Waals surface area contributed by atoms with E-state index in [1.54, 1.807) is 4.90 Å². The maximum Gasteiger partial charge on any atom is 0.260 e. The number of nitrogens with one attached hydrogen (secondary N) is 1. The smallest absolute Gasteiger partial charge is 0.260 e. The fourth-order valence-electron chi connectivity index (χ4n) is 3.38. The summed E-state index contributed by atoms with van der Waals surface area (Å²) in [5.74, 6) is 0.519. The van der Waals surface area contributed by atoms with Crippen LogP contribution in [-0.4, -0.2) is 49.5 Å². The van der Waals surface area contributed by atoms with Gasteiger partial charge in [-0.2, -0.15) is 0 Å². The van der Waals surface area contributed by atoms with E-state index in [2.05, 4.69) is 5.32 Å². The molecule has 6 nitrogen and oxygen atoms in total. The Kier molecular flexibility index (Phi) is 6.82. The second-order valence-electron chi connectivity index (χ2n) is 6.78. The molecule has 1 unspecified atom stereocenters. The quantitative estimate of drug-likeness (QED) is 0.812. The fraction of sp³-hybridized carbons (Fsp3) is 0.579. The van der Waals surface area contributed by atoms with E-state index in [-0.39, 0.29) is 24.3 Å². The van der Waals surface area contributed by atoms with Gasteiger partial charge in [0.05, 0.1) is 5.92 Å². The van der Waals surface area contributed by atoms with Crippen molar-refractivity contribution in [1.82, 2.24) is 10.2 Å². The molecule has 1 fully saturated rings. The van der Waals surface area contributed by atoms with Gasteiger partial charge in [-0.05, 0) is 44.7 Å². The zero-order chi connectivity index (χ0) is 18.4. The van der Waals surface area contributed by atoms with Gasteiger partial charge in [-0.15, -0.1) is 0 Å². The van der Waals surface area contributed by atoms with Gasteiger partial charge in [0.15, 0.2) is 6.61 Å². The lowest BCUT2D eigenvalue weighted by Gasteiger charge is -2.32. The number of nitrogens with two attached hydrogens (primary N) is 1. The van der Waals surface area contributed by atoms with E-state index in [4.69, 9.17) is 10.5 Å². The molecular weight excluding hydrogens is 318 g/mol. The minimum atomic E-state index is -0.160. The molecule has 0 aromatic heterocycles. The molecule has 1 aliphatic heterocycles. The van der Waals surface area contributed by atoms with Gasteiger partial charge in [0.1, 0.15) is 5.75 Å². The second-order valence-corrected chi connectivity index (χ2v) is 6.78. The zero-order valence-electron chi connectivity index (χ0n) is 15.4. The van der Waals surface area contributed by atoms with Crippen LogP contribution >= 0.6 is 0 Å². The van der Waals surface area contributed by atoms with Gasteiger partial charge in [-0.25, -0.2) is 0 Å². The average Bonchev–Trinajstić information content (AvgIpc) is 2.58. The summed E-state index contributed by atoms with van der Waals surface area (Å²) in [5.41, 5.74) is 8.65. The highest BCUT2D eigenvalue weighted by Crippen LogP contribution is 2.25. The van der Waals surface area contributed by atoms with Gasteiger partial charge in [0.2, 0.25) is 5.91 Å². The summed E-state index contributed by atoms with van der Waals surface area (Å²) in [6, 6.07) is 4.09. The molecule has 0 aliphatic carbocycles. The van der Waals surface area contributed by atoms with Crippen molar-refractivity contribution in [1.29, 1.82) is 0 Å². The van der Waals surface area contributed by atoms with Crippen molar-refractivity contribution >= 4 is 11.8 Å². The van der Waals surface area contributed by atoms with Crippen LogP contribution in [0.4, 0.5) is 0 Å². The van der Waals surface area contributed by atoms with Gasteiger partial charge in [0.25, 0.3) is 5.91 Å². The zero-order valence-corrected chi connectivity index (χ0v) is 15.4. The number of benzene rings is 1. The predicted octanol–water partition coefficient (Wildman–Crippen LogP) is 1.30. The lowest BCUT2D eigenvalue weighted by molar-refractivity contribution is -0.137. The number of aryl methyl sites for hydroxylation is 3. The van der Waals surface area contributed by atoms with Crippen molar-refractivity contribution in [2.45, 2.75) is 33.6 Å². The molecule has 1 heterocycles. The number of hydrogen-bond donors (Lipinski definition) is 2. The molecule has 3 N–H and O–H groups in total. The first-order chi connectivity index (χ1) is 11.9. The predicted molar refractivity (Wildman–Crippen MR) is 97.5 cm³/mol. The molecule has 0 bridgehead atoms. The first-order valence-corrected chi connectivity index (χ1v) is 8.88. The lowest BCUT2D eigenvalue weighted by Crippen LogP contribution is -2.47. The molecule has 138 valence electrons. The fourth-order valence-corrected chi connectivity index (χ4v) is 3.38.